The summed E-state index contributed by atoms with van der Waals surface area (Å²) in [5.41, 5.74) is 0.791. The van der Waals surface area contributed by atoms with Gasteiger partial charge < -0.3 is 15.1 Å². The molecule has 0 heterocycles. The van der Waals surface area contributed by atoms with E-state index in [0.29, 0.717) is 5.56 Å². The first-order valence-electron chi connectivity index (χ1n) is 4.63. The van der Waals surface area contributed by atoms with Gasteiger partial charge in [-0.3, -0.25) is 0 Å². The molecule has 16 heavy (non-hydrogen) atoms. The van der Waals surface area contributed by atoms with Gasteiger partial charge in [0.2, 0.25) is 0 Å². The molecule has 0 aromatic heterocycles. The zero-order chi connectivity index (χ0) is 12.5. The van der Waals surface area contributed by atoms with Gasteiger partial charge in [-0.2, -0.15) is 0 Å². The number of rotatable bonds is 3. The fraction of sp³-hybridized carbons (Fsp3) is 0.273. The van der Waals surface area contributed by atoms with Crippen molar-refractivity contribution in [3.8, 4) is 0 Å². The maximum absolute atomic E-state index is 11.1. The Kier molecular flexibility index (Phi) is 3.17. The van der Waals surface area contributed by atoms with Crippen molar-refractivity contribution in [1.29, 1.82) is 0 Å². The number of aryl methyl sites for hydroxylation is 1. The Morgan fingerprint density at radius 3 is 2.06 bits per heavy atom. The zero-order valence-electron chi connectivity index (χ0n) is 9.31. The fourth-order valence-electron chi connectivity index (χ4n) is 1.60. The average Bonchev–Trinajstić information content (AvgIpc) is 2.15. The molecule has 5 nitrogen and oxygen atoms in total. The first-order chi connectivity index (χ1) is 7.36. The van der Waals surface area contributed by atoms with Crippen molar-refractivity contribution in [2.24, 2.45) is 0 Å². The van der Waals surface area contributed by atoms with Crippen molar-refractivity contribution >= 4 is 17.6 Å². The second kappa shape index (κ2) is 4.22. The molecule has 2 N–H and O–H groups in total. The van der Waals surface area contributed by atoms with Gasteiger partial charge in [-0.05, 0) is 18.6 Å². The highest BCUT2D eigenvalue weighted by molar-refractivity contribution is 6.04. The van der Waals surface area contributed by atoms with Crippen molar-refractivity contribution in [3.05, 3.63) is 28.8 Å². The van der Waals surface area contributed by atoms with Crippen LogP contribution < -0.4 is 4.90 Å². The summed E-state index contributed by atoms with van der Waals surface area (Å²) >= 11 is 0. The molecule has 0 amide bonds. The number of hydrogen-bond donors (Lipinski definition) is 2. The Balaban J connectivity index is 3.63. The summed E-state index contributed by atoms with van der Waals surface area (Å²) in [6.07, 6.45) is 0. The summed E-state index contributed by atoms with van der Waals surface area (Å²) in [5.74, 6) is -2.25. The maximum atomic E-state index is 11.1. The Hall–Kier alpha value is -2.04. The van der Waals surface area contributed by atoms with E-state index >= 15 is 0 Å². The Labute approximate surface area is 92.9 Å². The van der Waals surface area contributed by atoms with Crippen molar-refractivity contribution in [1.82, 2.24) is 0 Å². The van der Waals surface area contributed by atoms with Crippen LogP contribution in [0.4, 0.5) is 5.69 Å². The molecule has 0 aliphatic carbocycles. The fourth-order valence-corrected chi connectivity index (χ4v) is 1.60. The minimum absolute atomic E-state index is 0.00648. The molecule has 0 radical (unpaired) electrons. The van der Waals surface area contributed by atoms with Gasteiger partial charge in [0, 0.05) is 14.1 Å². The molecular formula is C11H13NO4. The Bertz CT molecular complexity index is 452. The van der Waals surface area contributed by atoms with Crippen LogP contribution in [0.3, 0.4) is 0 Å². The van der Waals surface area contributed by atoms with Crippen LogP contribution in [0, 0.1) is 6.92 Å². The highest BCUT2D eigenvalue weighted by Crippen LogP contribution is 2.27. The van der Waals surface area contributed by atoms with Gasteiger partial charge in [-0.1, -0.05) is 6.07 Å². The molecule has 0 atom stereocenters. The molecule has 0 aliphatic rings. The molecule has 0 spiro atoms. The summed E-state index contributed by atoms with van der Waals surface area (Å²) in [7, 11) is 3.24. The van der Waals surface area contributed by atoms with E-state index in [0.717, 1.165) is 0 Å². The molecule has 1 aromatic carbocycles. The minimum atomic E-state index is -1.13. The summed E-state index contributed by atoms with van der Waals surface area (Å²) in [5, 5.41) is 18.1. The summed E-state index contributed by atoms with van der Waals surface area (Å²) in [4.78, 5) is 23.6. The van der Waals surface area contributed by atoms with E-state index < -0.39 is 11.9 Å². The highest BCUT2D eigenvalue weighted by atomic mass is 16.4. The molecule has 1 aromatic rings. The van der Waals surface area contributed by atoms with Crippen LogP contribution in [0.15, 0.2) is 12.1 Å². The SMILES string of the molecule is Cc1ccc(C(=O)O)c(N(C)C)c1C(=O)O. The highest BCUT2D eigenvalue weighted by Gasteiger charge is 2.21. The molecule has 1 rings (SSSR count). The maximum Gasteiger partial charge on any atom is 0.338 e. The lowest BCUT2D eigenvalue weighted by molar-refractivity contribution is 0.0695. The van der Waals surface area contributed by atoms with E-state index in [9.17, 15) is 9.59 Å². The monoisotopic (exact) mass is 223 g/mol. The van der Waals surface area contributed by atoms with E-state index in [-0.39, 0.29) is 16.8 Å². The normalized spacial score (nSPS) is 9.94. The summed E-state index contributed by atoms with van der Waals surface area (Å²) in [6, 6.07) is 2.92. The van der Waals surface area contributed by atoms with Gasteiger partial charge in [0.15, 0.2) is 0 Å². The van der Waals surface area contributed by atoms with Crippen LogP contribution in [0.2, 0.25) is 0 Å². The number of nitrogens with zero attached hydrogens (tertiary/aromatic N) is 1. The summed E-state index contributed by atoms with van der Waals surface area (Å²) in [6.45, 7) is 1.64. The van der Waals surface area contributed by atoms with Crippen molar-refractivity contribution in [2.45, 2.75) is 6.92 Å². The van der Waals surface area contributed by atoms with Crippen molar-refractivity contribution < 1.29 is 19.8 Å². The molecule has 0 unspecified atom stereocenters. The lowest BCUT2D eigenvalue weighted by Gasteiger charge is -2.19. The Morgan fingerprint density at radius 2 is 1.69 bits per heavy atom. The van der Waals surface area contributed by atoms with Crippen LogP contribution in [0.1, 0.15) is 26.3 Å². The van der Waals surface area contributed by atoms with Gasteiger partial charge in [0.05, 0.1) is 16.8 Å². The van der Waals surface area contributed by atoms with Gasteiger partial charge in [0.25, 0.3) is 0 Å². The molecule has 5 heteroatoms. The zero-order valence-corrected chi connectivity index (χ0v) is 9.31. The van der Waals surface area contributed by atoms with E-state index in [1.54, 1.807) is 21.0 Å². The number of hydrogen-bond acceptors (Lipinski definition) is 3. The standard InChI is InChI=1S/C11H13NO4/c1-6-4-5-7(10(13)14)9(12(2)3)8(6)11(15)16/h4-5H,1-3H3,(H,13,14)(H,15,16). The number of benzene rings is 1. The predicted octanol–water partition coefficient (Wildman–Crippen LogP) is 1.46. The van der Waals surface area contributed by atoms with E-state index in [4.69, 9.17) is 10.2 Å². The lowest BCUT2D eigenvalue weighted by Crippen LogP contribution is -2.19. The number of anilines is 1. The molecule has 86 valence electrons. The second-order valence-corrected chi connectivity index (χ2v) is 3.66. The van der Waals surface area contributed by atoms with Crippen molar-refractivity contribution in [3.63, 3.8) is 0 Å². The largest absolute Gasteiger partial charge is 0.478 e. The first-order valence-corrected chi connectivity index (χ1v) is 4.63. The van der Waals surface area contributed by atoms with E-state index in [1.165, 1.54) is 17.0 Å². The van der Waals surface area contributed by atoms with Crippen molar-refractivity contribution in [2.75, 3.05) is 19.0 Å². The van der Waals surface area contributed by atoms with Crippen LogP contribution in [-0.4, -0.2) is 36.2 Å². The lowest BCUT2D eigenvalue weighted by atomic mass is 10.0. The summed E-state index contributed by atoms with van der Waals surface area (Å²) < 4.78 is 0. The van der Waals surface area contributed by atoms with Crippen LogP contribution in [-0.2, 0) is 0 Å². The predicted molar refractivity (Wildman–Crippen MR) is 59.4 cm³/mol. The molecule has 0 saturated carbocycles. The minimum Gasteiger partial charge on any atom is -0.478 e. The number of carbonyl (C=O) groups is 2. The molecule has 0 aliphatic heterocycles. The molecular weight excluding hydrogens is 210 g/mol. The first kappa shape index (κ1) is 12.0. The molecule has 0 bridgehead atoms. The van der Waals surface area contributed by atoms with Crippen LogP contribution >= 0.6 is 0 Å². The third-order valence-electron chi connectivity index (χ3n) is 2.28. The number of aromatic carboxylic acids is 2. The molecule has 0 fully saturated rings. The number of carboxylic acid groups (broad SMARTS) is 2. The van der Waals surface area contributed by atoms with Gasteiger partial charge >= 0.3 is 11.9 Å². The van der Waals surface area contributed by atoms with Gasteiger partial charge in [0.1, 0.15) is 0 Å². The topological polar surface area (TPSA) is 77.8 Å². The smallest absolute Gasteiger partial charge is 0.338 e. The Morgan fingerprint density at radius 1 is 1.12 bits per heavy atom. The molecule has 0 saturated heterocycles. The third-order valence-corrected chi connectivity index (χ3v) is 2.28. The second-order valence-electron chi connectivity index (χ2n) is 3.66. The average molecular weight is 223 g/mol. The van der Waals surface area contributed by atoms with Gasteiger partial charge in [-0.25, -0.2) is 9.59 Å². The van der Waals surface area contributed by atoms with E-state index in [1.807, 2.05) is 0 Å². The van der Waals surface area contributed by atoms with Crippen LogP contribution in [0.5, 0.6) is 0 Å². The van der Waals surface area contributed by atoms with Crippen LogP contribution in [0.25, 0.3) is 0 Å². The number of carboxylic acids is 2. The quantitative estimate of drug-likeness (QED) is 0.811. The van der Waals surface area contributed by atoms with E-state index in [2.05, 4.69) is 0 Å². The third kappa shape index (κ3) is 1.98. The van der Waals surface area contributed by atoms with Gasteiger partial charge in [-0.15, -0.1) is 0 Å².